The Morgan fingerprint density at radius 2 is 2.05 bits per heavy atom. The van der Waals surface area contributed by atoms with Gasteiger partial charge in [-0.05, 0) is 19.1 Å². The van der Waals surface area contributed by atoms with Crippen molar-refractivity contribution >= 4 is 35.8 Å². The van der Waals surface area contributed by atoms with Crippen LogP contribution in [0.3, 0.4) is 0 Å². The Bertz CT molecular complexity index is 484. The molecule has 6 nitrogen and oxygen atoms in total. The highest BCUT2D eigenvalue weighted by atomic mass is 127. The van der Waals surface area contributed by atoms with E-state index in [0.29, 0.717) is 13.0 Å². The molecule has 0 unspecified atom stereocenters. The molecule has 1 rings (SSSR count). The first-order valence-electron chi connectivity index (χ1n) is 7.25. The number of carbonyl (C=O) groups is 1. The molecule has 0 spiro atoms. The molecule has 1 heterocycles. The number of carbonyl (C=O) groups excluding carboxylic acids is 1. The Hall–Kier alpha value is -1.25. The fourth-order valence-electron chi connectivity index (χ4n) is 1.93. The molecular formula is C15H28IN5O. The lowest BCUT2D eigenvalue weighted by Crippen LogP contribution is -2.39. The van der Waals surface area contributed by atoms with Crippen LogP contribution in [0.1, 0.15) is 19.0 Å². The van der Waals surface area contributed by atoms with Crippen LogP contribution < -0.4 is 5.32 Å². The van der Waals surface area contributed by atoms with Crippen LogP contribution in [0.25, 0.3) is 0 Å². The summed E-state index contributed by atoms with van der Waals surface area (Å²) in [5.74, 6) is 0.921. The molecule has 0 radical (unpaired) electrons. The quantitative estimate of drug-likeness (QED) is 0.431. The van der Waals surface area contributed by atoms with Gasteiger partial charge in [-0.25, -0.2) is 0 Å². The molecule has 1 aromatic rings. The van der Waals surface area contributed by atoms with E-state index in [-0.39, 0.29) is 29.9 Å². The standard InChI is InChI=1S/C15H27N5O.HI/c1-6-16-15(17-10-9-14(21)18(2)3)20(5)12-13-8-7-11-19(13)4;/h7-8,11H,6,9-10,12H2,1-5H3,(H,16,17);1H. The van der Waals surface area contributed by atoms with Gasteiger partial charge in [0.05, 0.1) is 13.1 Å². The monoisotopic (exact) mass is 421 g/mol. The zero-order chi connectivity index (χ0) is 15.8. The van der Waals surface area contributed by atoms with Crippen LogP contribution in [0, 0.1) is 0 Å². The Labute approximate surface area is 150 Å². The maximum atomic E-state index is 11.6. The van der Waals surface area contributed by atoms with E-state index in [4.69, 9.17) is 0 Å². The summed E-state index contributed by atoms with van der Waals surface area (Å²) in [5.41, 5.74) is 1.22. The third kappa shape index (κ3) is 6.67. The van der Waals surface area contributed by atoms with Crippen molar-refractivity contribution in [1.29, 1.82) is 0 Å². The molecule has 7 heteroatoms. The summed E-state index contributed by atoms with van der Waals surface area (Å²) >= 11 is 0. The number of aliphatic imine (C=N–C) groups is 1. The normalized spacial score (nSPS) is 10.9. The Morgan fingerprint density at radius 3 is 2.55 bits per heavy atom. The van der Waals surface area contributed by atoms with Crippen LogP contribution in [0.15, 0.2) is 23.3 Å². The van der Waals surface area contributed by atoms with Crippen molar-refractivity contribution < 1.29 is 4.79 Å². The second kappa shape index (κ2) is 10.5. The van der Waals surface area contributed by atoms with E-state index in [2.05, 4.69) is 25.8 Å². The van der Waals surface area contributed by atoms with Gasteiger partial charge in [-0.3, -0.25) is 9.79 Å². The van der Waals surface area contributed by atoms with Gasteiger partial charge in [0.25, 0.3) is 0 Å². The van der Waals surface area contributed by atoms with Crippen LogP contribution in [0.5, 0.6) is 0 Å². The lowest BCUT2D eigenvalue weighted by atomic mass is 10.4. The van der Waals surface area contributed by atoms with Crippen molar-refractivity contribution in [3.05, 3.63) is 24.0 Å². The number of aryl methyl sites for hydroxylation is 1. The molecule has 0 aliphatic carbocycles. The summed E-state index contributed by atoms with van der Waals surface area (Å²) in [6.07, 6.45) is 2.46. The molecule has 0 aliphatic heterocycles. The Morgan fingerprint density at radius 1 is 1.36 bits per heavy atom. The van der Waals surface area contributed by atoms with Crippen LogP contribution >= 0.6 is 24.0 Å². The number of nitrogens with one attached hydrogen (secondary N) is 1. The van der Waals surface area contributed by atoms with E-state index in [1.165, 1.54) is 5.69 Å². The summed E-state index contributed by atoms with van der Waals surface area (Å²) in [6.45, 7) is 4.11. The maximum absolute atomic E-state index is 11.6. The highest BCUT2D eigenvalue weighted by Crippen LogP contribution is 2.04. The third-order valence-electron chi connectivity index (χ3n) is 3.23. The van der Waals surface area contributed by atoms with Crippen LogP contribution in [0.2, 0.25) is 0 Å². The molecule has 0 fully saturated rings. The van der Waals surface area contributed by atoms with Crippen LogP contribution in [-0.2, 0) is 18.4 Å². The highest BCUT2D eigenvalue weighted by Gasteiger charge is 2.09. The van der Waals surface area contributed by atoms with Gasteiger partial charge < -0.3 is 19.7 Å². The van der Waals surface area contributed by atoms with E-state index in [1.54, 1.807) is 19.0 Å². The van der Waals surface area contributed by atoms with Gasteiger partial charge in [0, 0.05) is 53.0 Å². The first-order valence-corrected chi connectivity index (χ1v) is 7.25. The van der Waals surface area contributed by atoms with Gasteiger partial charge in [-0.2, -0.15) is 0 Å². The predicted octanol–water partition coefficient (Wildman–Crippen LogP) is 1.52. The van der Waals surface area contributed by atoms with Gasteiger partial charge in [0.2, 0.25) is 5.91 Å². The number of amides is 1. The second-order valence-corrected chi connectivity index (χ2v) is 5.24. The molecule has 1 aromatic heterocycles. The lowest BCUT2D eigenvalue weighted by molar-refractivity contribution is -0.128. The van der Waals surface area contributed by atoms with Crippen molar-refractivity contribution in [2.75, 3.05) is 34.2 Å². The highest BCUT2D eigenvalue weighted by molar-refractivity contribution is 14.0. The largest absolute Gasteiger partial charge is 0.357 e. The van der Waals surface area contributed by atoms with Gasteiger partial charge in [-0.1, -0.05) is 0 Å². The average Bonchev–Trinajstić information content (AvgIpc) is 2.82. The van der Waals surface area contributed by atoms with E-state index in [0.717, 1.165) is 19.0 Å². The molecule has 0 aromatic carbocycles. The molecule has 0 saturated carbocycles. The maximum Gasteiger partial charge on any atom is 0.223 e. The van der Waals surface area contributed by atoms with Crippen molar-refractivity contribution in [2.24, 2.45) is 12.0 Å². The molecule has 22 heavy (non-hydrogen) atoms. The SMILES string of the molecule is CCNC(=NCCC(=O)N(C)C)N(C)Cc1cccn1C.I. The number of hydrogen-bond donors (Lipinski definition) is 1. The van der Waals surface area contributed by atoms with Crippen molar-refractivity contribution in [3.8, 4) is 0 Å². The summed E-state index contributed by atoms with van der Waals surface area (Å²) in [4.78, 5) is 19.8. The Kier molecular flexibility index (Phi) is 9.88. The van der Waals surface area contributed by atoms with Gasteiger partial charge in [0.1, 0.15) is 0 Å². The molecule has 126 valence electrons. The number of halogens is 1. The molecule has 1 amide bonds. The van der Waals surface area contributed by atoms with E-state index < -0.39 is 0 Å². The fourth-order valence-corrected chi connectivity index (χ4v) is 1.93. The number of aromatic nitrogens is 1. The molecule has 0 bridgehead atoms. The van der Waals surface area contributed by atoms with E-state index in [9.17, 15) is 4.79 Å². The van der Waals surface area contributed by atoms with Crippen LogP contribution in [0.4, 0.5) is 0 Å². The van der Waals surface area contributed by atoms with Gasteiger partial charge >= 0.3 is 0 Å². The zero-order valence-corrected chi connectivity index (χ0v) is 16.5. The molecule has 0 aliphatic rings. The lowest BCUT2D eigenvalue weighted by Gasteiger charge is -2.22. The van der Waals surface area contributed by atoms with Gasteiger partial charge in [-0.15, -0.1) is 24.0 Å². The summed E-state index contributed by atoms with van der Waals surface area (Å²) < 4.78 is 2.09. The predicted molar refractivity (Wildman–Crippen MR) is 102 cm³/mol. The topological polar surface area (TPSA) is 52.9 Å². The fraction of sp³-hybridized carbons (Fsp3) is 0.600. The number of rotatable bonds is 6. The summed E-state index contributed by atoms with van der Waals surface area (Å²) in [7, 11) is 7.56. The smallest absolute Gasteiger partial charge is 0.223 e. The van der Waals surface area contributed by atoms with E-state index >= 15 is 0 Å². The van der Waals surface area contributed by atoms with Crippen LogP contribution in [-0.4, -0.2) is 60.5 Å². The number of nitrogens with zero attached hydrogens (tertiary/aromatic N) is 4. The average molecular weight is 421 g/mol. The minimum Gasteiger partial charge on any atom is -0.357 e. The van der Waals surface area contributed by atoms with Crippen molar-refractivity contribution in [1.82, 2.24) is 19.7 Å². The molecule has 1 N–H and O–H groups in total. The molecular weight excluding hydrogens is 393 g/mol. The van der Waals surface area contributed by atoms with E-state index in [1.807, 2.05) is 33.3 Å². The zero-order valence-electron chi connectivity index (χ0n) is 14.2. The van der Waals surface area contributed by atoms with Crippen molar-refractivity contribution in [2.45, 2.75) is 19.9 Å². The first-order chi connectivity index (χ1) is 9.95. The first kappa shape index (κ1) is 20.8. The number of guanidine groups is 1. The number of hydrogen-bond acceptors (Lipinski definition) is 2. The van der Waals surface area contributed by atoms with Gasteiger partial charge in [0.15, 0.2) is 5.96 Å². The third-order valence-corrected chi connectivity index (χ3v) is 3.23. The van der Waals surface area contributed by atoms with Crippen molar-refractivity contribution in [3.63, 3.8) is 0 Å². The molecule has 0 atom stereocenters. The minimum atomic E-state index is 0. The summed E-state index contributed by atoms with van der Waals surface area (Å²) in [6, 6.07) is 4.12. The Balaban J connectivity index is 0.00000441. The minimum absolute atomic E-state index is 0. The molecule has 0 saturated heterocycles. The second-order valence-electron chi connectivity index (χ2n) is 5.24. The summed E-state index contributed by atoms with van der Waals surface area (Å²) in [5, 5.41) is 3.26.